The number of amides is 1. The van der Waals surface area contributed by atoms with Crippen molar-refractivity contribution in [3.8, 4) is 11.6 Å². The van der Waals surface area contributed by atoms with Crippen molar-refractivity contribution in [3.05, 3.63) is 47.4 Å². The molecule has 0 atom stereocenters. The third-order valence-corrected chi connectivity index (χ3v) is 3.96. The number of carbonyl (C=O) groups excluding carboxylic acids is 1. The smallest absolute Gasteiger partial charge is 0.258 e. The first-order valence-electron chi connectivity index (χ1n) is 8.52. The molecule has 0 radical (unpaired) electrons. The quantitative estimate of drug-likeness (QED) is 0.737. The summed E-state index contributed by atoms with van der Waals surface area (Å²) in [6.07, 6.45) is 0.862. The average Bonchev–Trinajstić information content (AvgIpc) is 2.95. The maximum atomic E-state index is 13.6. The highest BCUT2D eigenvalue weighted by atomic mass is 19.1. The highest BCUT2D eigenvalue weighted by Crippen LogP contribution is 2.26. The second-order valence-electron chi connectivity index (χ2n) is 6.09. The Hall–Kier alpha value is -2.96. The van der Waals surface area contributed by atoms with Gasteiger partial charge in [-0.2, -0.15) is 10.1 Å². The summed E-state index contributed by atoms with van der Waals surface area (Å²) in [5.74, 6) is -0.207. The standard InChI is InChI=1S/C19H21FN4O2/c1-4-8-21-16(25)11-26-17-9-12(2)18-13(3)23-24(19(18)22-17)15-7-5-6-14(20)10-15/h5-7,9-10H,4,8,11H2,1-3H3,(H,21,25). The van der Waals surface area contributed by atoms with E-state index in [1.807, 2.05) is 20.8 Å². The molecule has 1 aromatic carbocycles. The monoisotopic (exact) mass is 356 g/mol. The van der Waals surface area contributed by atoms with E-state index < -0.39 is 0 Å². The second kappa shape index (κ2) is 7.51. The van der Waals surface area contributed by atoms with Crippen LogP contribution in [0.3, 0.4) is 0 Å². The Balaban J connectivity index is 1.96. The molecule has 0 bridgehead atoms. The second-order valence-corrected chi connectivity index (χ2v) is 6.09. The SMILES string of the molecule is CCCNC(=O)COc1cc(C)c2c(C)nn(-c3cccc(F)c3)c2n1. The minimum Gasteiger partial charge on any atom is -0.468 e. The average molecular weight is 356 g/mol. The maximum Gasteiger partial charge on any atom is 0.258 e. The molecule has 0 unspecified atom stereocenters. The molecule has 7 heteroatoms. The molecular weight excluding hydrogens is 335 g/mol. The zero-order valence-electron chi connectivity index (χ0n) is 15.0. The van der Waals surface area contributed by atoms with Crippen molar-refractivity contribution < 1.29 is 13.9 Å². The number of rotatable bonds is 6. The van der Waals surface area contributed by atoms with Gasteiger partial charge < -0.3 is 10.1 Å². The molecule has 0 saturated heterocycles. The van der Waals surface area contributed by atoms with E-state index in [9.17, 15) is 9.18 Å². The lowest BCUT2D eigenvalue weighted by Gasteiger charge is -2.08. The van der Waals surface area contributed by atoms with Gasteiger partial charge in [0.15, 0.2) is 12.3 Å². The molecule has 136 valence electrons. The molecule has 0 fully saturated rings. The molecule has 0 aliphatic carbocycles. The third-order valence-electron chi connectivity index (χ3n) is 3.96. The lowest BCUT2D eigenvalue weighted by atomic mass is 10.2. The van der Waals surface area contributed by atoms with Gasteiger partial charge in [0.2, 0.25) is 5.88 Å². The summed E-state index contributed by atoms with van der Waals surface area (Å²) >= 11 is 0. The fraction of sp³-hybridized carbons (Fsp3) is 0.316. The zero-order valence-corrected chi connectivity index (χ0v) is 15.0. The van der Waals surface area contributed by atoms with Gasteiger partial charge in [-0.15, -0.1) is 0 Å². The Kier molecular flexibility index (Phi) is 5.16. The predicted molar refractivity (Wildman–Crippen MR) is 97.1 cm³/mol. The van der Waals surface area contributed by atoms with Crippen LogP contribution in [0.25, 0.3) is 16.7 Å². The van der Waals surface area contributed by atoms with Crippen molar-refractivity contribution in [2.24, 2.45) is 0 Å². The fourth-order valence-electron chi connectivity index (χ4n) is 2.79. The fourth-order valence-corrected chi connectivity index (χ4v) is 2.79. The molecule has 0 aliphatic heterocycles. The number of aryl methyl sites for hydroxylation is 2. The lowest BCUT2D eigenvalue weighted by molar-refractivity contribution is -0.123. The number of halogens is 1. The number of pyridine rings is 1. The van der Waals surface area contributed by atoms with Crippen molar-refractivity contribution in [2.75, 3.05) is 13.2 Å². The Morgan fingerprint density at radius 2 is 2.12 bits per heavy atom. The van der Waals surface area contributed by atoms with E-state index >= 15 is 0 Å². The highest BCUT2D eigenvalue weighted by Gasteiger charge is 2.15. The molecule has 6 nitrogen and oxygen atoms in total. The van der Waals surface area contributed by atoms with Crippen LogP contribution in [-0.4, -0.2) is 33.8 Å². The van der Waals surface area contributed by atoms with Crippen LogP contribution in [0.2, 0.25) is 0 Å². The van der Waals surface area contributed by atoms with Crippen molar-refractivity contribution in [1.82, 2.24) is 20.1 Å². The number of hydrogen-bond acceptors (Lipinski definition) is 4. The van der Waals surface area contributed by atoms with Crippen LogP contribution in [0.1, 0.15) is 24.6 Å². The molecule has 1 amide bonds. The van der Waals surface area contributed by atoms with Crippen LogP contribution in [0.4, 0.5) is 4.39 Å². The number of fused-ring (bicyclic) bond motifs is 1. The largest absolute Gasteiger partial charge is 0.468 e. The molecular formula is C19H21FN4O2. The Morgan fingerprint density at radius 1 is 1.31 bits per heavy atom. The summed E-state index contributed by atoms with van der Waals surface area (Å²) in [6, 6.07) is 7.94. The first-order valence-corrected chi connectivity index (χ1v) is 8.52. The van der Waals surface area contributed by atoms with Gasteiger partial charge in [0.1, 0.15) is 5.82 Å². The molecule has 0 spiro atoms. The lowest BCUT2D eigenvalue weighted by Crippen LogP contribution is -2.29. The first kappa shape index (κ1) is 17.8. The van der Waals surface area contributed by atoms with Gasteiger partial charge in [-0.05, 0) is 44.0 Å². The summed E-state index contributed by atoms with van der Waals surface area (Å²) < 4.78 is 20.7. The number of ether oxygens (including phenoxy) is 1. The molecule has 26 heavy (non-hydrogen) atoms. The Bertz CT molecular complexity index is 952. The van der Waals surface area contributed by atoms with E-state index in [0.29, 0.717) is 23.8 Å². The van der Waals surface area contributed by atoms with Crippen LogP contribution in [0.15, 0.2) is 30.3 Å². The molecule has 2 aromatic heterocycles. The van der Waals surface area contributed by atoms with E-state index in [0.717, 1.165) is 23.1 Å². The van der Waals surface area contributed by atoms with E-state index in [-0.39, 0.29) is 18.3 Å². The summed E-state index contributed by atoms with van der Waals surface area (Å²) in [4.78, 5) is 16.2. The Labute approximate surface area is 151 Å². The normalized spacial score (nSPS) is 10.9. The van der Waals surface area contributed by atoms with Crippen molar-refractivity contribution in [3.63, 3.8) is 0 Å². The van der Waals surface area contributed by atoms with Crippen LogP contribution in [0, 0.1) is 19.7 Å². The van der Waals surface area contributed by atoms with E-state index in [1.54, 1.807) is 22.9 Å². The van der Waals surface area contributed by atoms with Gasteiger partial charge in [0.05, 0.1) is 11.4 Å². The van der Waals surface area contributed by atoms with Gasteiger partial charge >= 0.3 is 0 Å². The highest BCUT2D eigenvalue weighted by molar-refractivity contribution is 5.84. The number of benzene rings is 1. The number of hydrogen-bond donors (Lipinski definition) is 1. The molecule has 3 aromatic rings. The zero-order chi connectivity index (χ0) is 18.7. The summed E-state index contributed by atoms with van der Waals surface area (Å²) in [6.45, 7) is 6.30. The third kappa shape index (κ3) is 3.66. The molecule has 3 rings (SSSR count). The molecule has 1 N–H and O–H groups in total. The summed E-state index contributed by atoms with van der Waals surface area (Å²) in [5.41, 5.74) is 2.87. The van der Waals surface area contributed by atoms with Gasteiger partial charge in [-0.1, -0.05) is 13.0 Å². The van der Waals surface area contributed by atoms with Gasteiger partial charge in [0, 0.05) is 18.0 Å². The van der Waals surface area contributed by atoms with Gasteiger partial charge in [0.25, 0.3) is 5.91 Å². The van der Waals surface area contributed by atoms with Crippen LogP contribution in [0.5, 0.6) is 5.88 Å². The topological polar surface area (TPSA) is 69.0 Å². The van der Waals surface area contributed by atoms with Gasteiger partial charge in [-0.3, -0.25) is 4.79 Å². The first-order chi connectivity index (χ1) is 12.5. The minimum absolute atomic E-state index is 0.106. The minimum atomic E-state index is -0.347. The predicted octanol–water partition coefficient (Wildman–Crippen LogP) is 3.08. The van der Waals surface area contributed by atoms with Crippen LogP contribution >= 0.6 is 0 Å². The number of nitrogens with zero attached hydrogens (tertiary/aromatic N) is 3. The van der Waals surface area contributed by atoms with Crippen LogP contribution < -0.4 is 10.1 Å². The maximum absolute atomic E-state index is 13.6. The van der Waals surface area contributed by atoms with E-state index in [4.69, 9.17) is 4.74 Å². The molecule has 2 heterocycles. The van der Waals surface area contributed by atoms with E-state index in [1.165, 1.54) is 12.1 Å². The van der Waals surface area contributed by atoms with Crippen LogP contribution in [-0.2, 0) is 4.79 Å². The molecule has 0 saturated carbocycles. The van der Waals surface area contributed by atoms with Gasteiger partial charge in [-0.25, -0.2) is 9.07 Å². The summed E-state index contributed by atoms with van der Waals surface area (Å²) in [5, 5.41) is 8.13. The Morgan fingerprint density at radius 3 is 2.85 bits per heavy atom. The summed E-state index contributed by atoms with van der Waals surface area (Å²) in [7, 11) is 0. The van der Waals surface area contributed by atoms with Crippen molar-refractivity contribution in [1.29, 1.82) is 0 Å². The number of nitrogens with one attached hydrogen (secondary N) is 1. The van der Waals surface area contributed by atoms with Crippen molar-refractivity contribution in [2.45, 2.75) is 27.2 Å². The van der Waals surface area contributed by atoms with Crippen molar-refractivity contribution >= 4 is 16.9 Å². The number of aromatic nitrogens is 3. The van der Waals surface area contributed by atoms with E-state index in [2.05, 4.69) is 15.4 Å². The molecule has 0 aliphatic rings. The number of carbonyl (C=O) groups is 1.